The highest BCUT2D eigenvalue weighted by Gasteiger charge is 2.44. The molecule has 2 aliphatic carbocycles. The largest absolute Gasteiger partial charge is 0.343 e. The lowest BCUT2D eigenvalue weighted by Gasteiger charge is -2.44. The predicted molar refractivity (Wildman–Crippen MR) is 110 cm³/mol. The fourth-order valence-corrected chi connectivity index (χ4v) is 5.20. The van der Waals surface area contributed by atoms with E-state index in [1.165, 1.54) is 29.5 Å². The van der Waals surface area contributed by atoms with E-state index in [4.69, 9.17) is 0 Å². The van der Waals surface area contributed by atoms with Crippen molar-refractivity contribution in [2.75, 3.05) is 14.1 Å². The van der Waals surface area contributed by atoms with E-state index in [1.807, 2.05) is 18.2 Å². The molecule has 1 fully saturated rings. The first kappa shape index (κ1) is 18.2. The van der Waals surface area contributed by atoms with Crippen molar-refractivity contribution in [3.63, 3.8) is 0 Å². The van der Waals surface area contributed by atoms with E-state index in [9.17, 15) is 4.79 Å². The number of benzene rings is 2. The van der Waals surface area contributed by atoms with Gasteiger partial charge in [0.2, 0.25) is 0 Å². The number of aryl methyl sites for hydroxylation is 1. The third-order valence-corrected chi connectivity index (χ3v) is 6.70. The number of likely N-dealkylation sites (N-methyl/N-ethyl adjacent to an activating group) is 1. The van der Waals surface area contributed by atoms with Gasteiger partial charge in [0.05, 0.1) is 6.04 Å². The van der Waals surface area contributed by atoms with Gasteiger partial charge in [-0.05, 0) is 69.0 Å². The van der Waals surface area contributed by atoms with Crippen molar-refractivity contribution in [3.05, 3.63) is 70.8 Å². The van der Waals surface area contributed by atoms with Gasteiger partial charge in [-0.3, -0.25) is 4.79 Å². The van der Waals surface area contributed by atoms with Gasteiger partial charge < -0.3 is 10.2 Å². The minimum Gasteiger partial charge on any atom is -0.343 e. The Bertz CT molecular complexity index is 806. The average molecular weight is 363 g/mol. The highest BCUT2D eigenvalue weighted by Crippen LogP contribution is 2.43. The molecule has 0 aromatic heterocycles. The molecular weight excluding hydrogens is 332 g/mol. The maximum atomic E-state index is 13.4. The Labute approximate surface area is 162 Å². The van der Waals surface area contributed by atoms with E-state index < -0.39 is 0 Å². The molecule has 27 heavy (non-hydrogen) atoms. The van der Waals surface area contributed by atoms with E-state index >= 15 is 0 Å². The second-order valence-electron chi connectivity index (χ2n) is 8.32. The molecule has 1 amide bonds. The first-order chi connectivity index (χ1) is 13.1. The highest BCUT2D eigenvalue weighted by molar-refractivity contribution is 5.96. The molecule has 2 aliphatic rings. The summed E-state index contributed by atoms with van der Waals surface area (Å²) in [5.41, 5.74) is 4.66. The normalized spacial score (nSPS) is 19.1. The monoisotopic (exact) mass is 362 g/mol. The SMILES string of the molecule is CN(C)C1(C(NC(=O)c2cccc3c2CCC3)c2ccccc2)CCCC1. The first-order valence-electron chi connectivity index (χ1n) is 10.3. The van der Waals surface area contributed by atoms with Gasteiger partial charge in [0.1, 0.15) is 0 Å². The molecule has 1 atom stereocenters. The molecule has 2 aromatic carbocycles. The van der Waals surface area contributed by atoms with Crippen LogP contribution >= 0.6 is 0 Å². The molecule has 0 aliphatic heterocycles. The molecule has 1 N–H and O–H groups in total. The van der Waals surface area contributed by atoms with Crippen LogP contribution in [0.2, 0.25) is 0 Å². The topological polar surface area (TPSA) is 32.3 Å². The summed E-state index contributed by atoms with van der Waals surface area (Å²) in [5.74, 6) is 0.0794. The van der Waals surface area contributed by atoms with Crippen molar-refractivity contribution < 1.29 is 4.79 Å². The number of carbonyl (C=O) groups is 1. The number of fused-ring (bicyclic) bond motifs is 1. The lowest BCUT2D eigenvalue weighted by Crippen LogP contribution is -2.53. The second-order valence-corrected chi connectivity index (χ2v) is 8.32. The number of rotatable bonds is 5. The van der Waals surface area contributed by atoms with E-state index in [0.29, 0.717) is 0 Å². The molecule has 1 unspecified atom stereocenters. The number of nitrogens with zero attached hydrogens (tertiary/aromatic N) is 1. The van der Waals surface area contributed by atoms with Gasteiger partial charge in [0, 0.05) is 11.1 Å². The van der Waals surface area contributed by atoms with Crippen LogP contribution in [0.1, 0.15) is 65.2 Å². The maximum absolute atomic E-state index is 13.4. The fraction of sp³-hybridized carbons (Fsp3) is 0.458. The van der Waals surface area contributed by atoms with E-state index in [1.54, 1.807) is 0 Å². The minimum absolute atomic E-state index is 0.000888. The molecule has 0 saturated heterocycles. The standard InChI is InChI=1S/C24H30N2O/c1-26(2)24(16-6-7-17-24)22(19-10-4-3-5-11-19)25-23(27)21-15-9-13-18-12-8-14-20(18)21/h3-5,9-11,13,15,22H,6-8,12,14,16-17H2,1-2H3,(H,25,27). The van der Waals surface area contributed by atoms with Gasteiger partial charge in [-0.15, -0.1) is 0 Å². The molecule has 0 heterocycles. The summed E-state index contributed by atoms with van der Waals surface area (Å²) in [7, 11) is 4.32. The van der Waals surface area contributed by atoms with Gasteiger partial charge >= 0.3 is 0 Å². The predicted octanol–water partition coefficient (Wildman–Crippen LogP) is 4.52. The summed E-state index contributed by atoms with van der Waals surface area (Å²) in [6.07, 6.45) is 7.95. The Morgan fingerprint density at radius 1 is 0.963 bits per heavy atom. The molecule has 0 radical (unpaired) electrons. The van der Waals surface area contributed by atoms with Crippen LogP contribution in [0.5, 0.6) is 0 Å². The molecule has 1 saturated carbocycles. The molecule has 0 spiro atoms. The summed E-state index contributed by atoms with van der Waals surface area (Å²) < 4.78 is 0. The number of carbonyl (C=O) groups excluding carboxylic acids is 1. The van der Waals surface area contributed by atoms with Crippen molar-refractivity contribution in [2.24, 2.45) is 0 Å². The number of nitrogens with one attached hydrogen (secondary N) is 1. The fourth-order valence-electron chi connectivity index (χ4n) is 5.20. The maximum Gasteiger partial charge on any atom is 0.252 e. The van der Waals surface area contributed by atoms with Crippen LogP contribution in [0.4, 0.5) is 0 Å². The van der Waals surface area contributed by atoms with Gasteiger partial charge in [-0.25, -0.2) is 0 Å². The minimum atomic E-state index is -0.0189. The summed E-state index contributed by atoms with van der Waals surface area (Å²) in [5, 5.41) is 3.46. The number of hydrogen-bond donors (Lipinski definition) is 1. The van der Waals surface area contributed by atoms with Gasteiger partial charge in [-0.2, -0.15) is 0 Å². The summed E-state index contributed by atoms with van der Waals surface area (Å²) in [4.78, 5) is 15.7. The van der Waals surface area contributed by atoms with E-state index in [0.717, 1.165) is 37.7 Å². The van der Waals surface area contributed by atoms with Crippen molar-refractivity contribution in [1.29, 1.82) is 0 Å². The zero-order chi connectivity index (χ0) is 18.9. The Hall–Kier alpha value is -2.13. The highest BCUT2D eigenvalue weighted by atomic mass is 16.1. The zero-order valence-electron chi connectivity index (χ0n) is 16.5. The molecule has 3 heteroatoms. The summed E-state index contributed by atoms with van der Waals surface area (Å²) in [6.45, 7) is 0. The Morgan fingerprint density at radius 3 is 2.41 bits per heavy atom. The molecule has 4 rings (SSSR count). The lowest BCUT2D eigenvalue weighted by molar-refractivity contribution is 0.0765. The van der Waals surface area contributed by atoms with Crippen LogP contribution in [-0.4, -0.2) is 30.4 Å². The van der Waals surface area contributed by atoms with Crippen LogP contribution in [-0.2, 0) is 12.8 Å². The van der Waals surface area contributed by atoms with Crippen molar-refractivity contribution in [3.8, 4) is 0 Å². The van der Waals surface area contributed by atoms with Crippen LogP contribution in [0, 0.1) is 0 Å². The summed E-state index contributed by atoms with van der Waals surface area (Å²) >= 11 is 0. The molecular formula is C24H30N2O. The van der Waals surface area contributed by atoms with Crippen molar-refractivity contribution in [1.82, 2.24) is 10.2 Å². The first-order valence-corrected chi connectivity index (χ1v) is 10.3. The van der Waals surface area contributed by atoms with E-state index in [2.05, 4.69) is 54.6 Å². The van der Waals surface area contributed by atoms with Gasteiger partial charge in [0.15, 0.2) is 0 Å². The molecule has 3 nitrogen and oxygen atoms in total. The van der Waals surface area contributed by atoms with Gasteiger partial charge in [0.25, 0.3) is 5.91 Å². The molecule has 0 bridgehead atoms. The lowest BCUT2D eigenvalue weighted by atomic mass is 9.82. The smallest absolute Gasteiger partial charge is 0.252 e. The van der Waals surface area contributed by atoms with Gasteiger partial charge in [-0.1, -0.05) is 55.3 Å². The zero-order valence-corrected chi connectivity index (χ0v) is 16.5. The van der Waals surface area contributed by atoms with Crippen molar-refractivity contribution >= 4 is 5.91 Å². The third-order valence-electron chi connectivity index (χ3n) is 6.70. The van der Waals surface area contributed by atoms with Crippen LogP contribution in [0.3, 0.4) is 0 Å². The Morgan fingerprint density at radius 2 is 1.70 bits per heavy atom. The third kappa shape index (κ3) is 3.29. The van der Waals surface area contributed by atoms with Crippen molar-refractivity contribution in [2.45, 2.75) is 56.5 Å². The van der Waals surface area contributed by atoms with Crippen LogP contribution in [0.25, 0.3) is 0 Å². The molecule has 2 aromatic rings. The quantitative estimate of drug-likeness (QED) is 0.848. The summed E-state index contributed by atoms with van der Waals surface area (Å²) in [6, 6.07) is 16.7. The molecule has 142 valence electrons. The van der Waals surface area contributed by atoms with Crippen LogP contribution in [0.15, 0.2) is 48.5 Å². The average Bonchev–Trinajstić information content (AvgIpc) is 3.36. The Kier molecular flexibility index (Phi) is 5.05. The number of amides is 1. The van der Waals surface area contributed by atoms with Crippen LogP contribution < -0.4 is 5.32 Å². The number of hydrogen-bond acceptors (Lipinski definition) is 2. The van der Waals surface area contributed by atoms with E-state index in [-0.39, 0.29) is 17.5 Å². The Balaban J connectivity index is 1.70. The second kappa shape index (κ2) is 7.47.